The monoisotopic (exact) mass is 451 g/mol. The molecule has 0 aliphatic rings. The Morgan fingerprint density at radius 2 is 1.55 bits per heavy atom. The number of nitrogens with one attached hydrogen (secondary N) is 1. The first kappa shape index (κ1) is 24.1. The number of halogens is 1. The van der Waals surface area contributed by atoms with Gasteiger partial charge in [-0.25, -0.2) is 4.79 Å². The van der Waals surface area contributed by atoms with Crippen LogP contribution in [0.3, 0.4) is 0 Å². The van der Waals surface area contributed by atoms with Gasteiger partial charge >= 0.3 is 5.97 Å². The maximum Gasteiger partial charge on any atom is 0.339 e. The number of hydrogen-bond acceptors (Lipinski definition) is 7. The van der Waals surface area contributed by atoms with Gasteiger partial charge in [-0.05, 0) is 50.2 Å². The molecule has 0 saturated carbocycles. The number of carbonyl (C=O) groups excluding carboxylic acids is 2. The zero-order valence-corrected chi connectivity index (χ0v) is 18.8. The van der Waals surface area contributed by atoms with Crippen LogP contribution in [0.15, 0.2) is 36.4 Å². The third-order valence-electron chi connectivity index (χ3n) is 4.09. The normalized spacial score (nSPS) is 11.5. The minimum Gasteiger partial charge on any atom is -0.493 e. The number of rotatable bonds is 10. The summed E-state index contributed by atoms with van der Waals surface area (Å²) in [6.07, 6.45) is -1.19. The summed E-state index contributed by atoms with van der Waals surface area (Å²) in [5, 5.41) is 3.27. The molecule has 8 nitrogen and oxygen atoms in total. The fraction of sp³-hybridized carbons (Fsp3) is 0.364. The molecule has 0 spiro atoms. The minimum absolute atomic E-state index is 0.128. The Hall–Kier alpha value is -3.13. The third-order valence-corrected chi connectivity index (χ3v) is 4.34. The van der Waals surface area contributed by atoms with E-state index in [2.05, 4.69) is 5.32 Å². The van der Waals surface area contributed by atoms with E-state index < -0.39 is 18.0 Å². The van der Waals surface area contributed by atoms with E-state index >= 15 is 0 Å². The zero-order chi connectivity index (χ0) is 23.0. The van der Waals surface area contributed by atoms with Crippen LogP contribution in [-0.2, 0) is 9.53 Å². The number of amides is 1. The van der Waals surface area contributed by atoms with Crippen LogP contribution < -0.4 is 24.3 Å². The molecule has 0 fully saturated rings. The van der Waals surface area contributed by atoms with Gasteiger partial charge in [-0.15, -0.1) is 0 Å². The van der Waals surface area contributed by atoms with Gasteiger partial charge in [-0.3, -0.25) is 4.79 Å². The first-order chi connectivity index (χ1) is 14.8. The fourth-order valence-corrected chi connectivity index (χ4v) is 2.77. The van der Waals surface area contributed by atoms with Crippen molar-refractivity contribution in [1.29, 1.82) is 0 Å². The van der Waals surface area contributed by atoms with Gasteiger partial charge in [0.15, 0.2) is 11.5 Å². The lowest BCUT2D eigenvalue weighted by molar-refractivity contribution is -0.132. The first-order valence-electron chi connectivity index (χ1n) is 9.48. The summed E-state index contributed by atoms with van der Waals surface area (Å²) in [5.74, 6) is 0.161. The van der Waals surface area contributed by atoms with E-state index in [1.807, 2.05) is 0 Å². The Labute approximate surface area is 186 Å². The van der Waals surface area contributed by atoms with Crippen LogP contribution in [0.2, 0.25) is 5.02 Å². The van der Waals surface area contributed by atoms with Gasteiger partial charge in [0.1, 0.15) is 12.4 Å². The SMILES string of the molecule is COc1cc(C(=O)OC(COc2ccc(Cl)cc2)C(=O)NC(C)C)cc(OC)c1OC. The van der Waals surface area contributed by atoms with Crippen molar-refractivity contribution >= 4 is 23.5 Å². The number of carbonyl (C=O) groups is 2. The van der Waals surface area contributed by atoms with Crippen molar-refractivity contribution in [3.05, 3.63) is 47.0 Å². The van der Waals surface area contributed by atoms with E-state index in [1.54, 1.807) is 38.1 Å². The predicted molar refractivity (Wildman–Crippen MR) is 116 cm³/mol. The molecular weight excluding hydrogens is 426 g/mol. The van der Waals surface area contributed by atoms with E-state index in [9.17, 15) is 9.59 Å². The molecule has 2 aromatic rings. The highest BCUT2D eigenvalue weighted by molar-refractivity contribution is 6.30. The molecule has 9 heteroatoms. The lowest BCUT2D eigenvalue weighted by atomic mass is 10.1. The molecular formula is C22H26ClNO7. The van der Waals surface area contributed by atoms with Crippen LogP contribution >= 0.6 is 11.6 Å². The smallest absolute Gasteiger partial charge is 0.339 e. The number of esters is 1. The Morgan fingerprint density at radius 1 is 0.968 bits per heavy atom. The highest BCUT2D eigenvalue weighted by atomic mass is 35.5. The van der Waals surface area contributed by atoms with E-state index in [4.69, 9.17) is 35.3 Å². The van der Waals surface area contributed by atoms with E-state index in [1.165, 1.54) is 33.5 Å². The van der Waals surface area contributed by atoms with Crippen molar-refractivity contribution in [3.8, 4) is 23.0 Å². The first-order valence-corrected chi connectivity index (χ1v) is 9.86. The third kappa shape index (κ3) is 6.68. The second-order valence-electron chi connectivity index (χ2n) is 6.74. The second kappa shape index (κ2) is 11.3. The molecule has 0 aromatic heterocycles. The van der Waals surface area contributed by atoms with Gasteiger partial charge in [0.05, 0.1) is 26.9 Å². The number of methoxy groups -OCH3 is 3. The summed E-state index contributed by atoms with van der Waals surface area (Å²) in [6.45, 7) is 3.42. The van der Waals surface area contributed by atoms with Crippen LogP contribution in [0, 0.1) is 0 Å². The molecule has 1 unspecified atom stereocenters. The van der Waals surface area contributed by atoms with Crippen molar-refractivity contribution in [2.75, 3.05) is 27.9 Å². The average molecular weight is 452 g/mol. The number of hydrogen-bond donors (Lipinski definition) is 1. The van der Waals surface area contributed by atoms with Gasteiger partial charge in [-0.2, -0.15) is 0 Å². The number of ether oxygens (including phenoxy) is 5. The van der Waals surface area contributed by atoms with Crippen molar-refractivity contribution in [2.24, 2.45) is 0 Å². The van der Waals surface area contributed by atoms with Crippen LogP contribution in [0.5, 0.6) is 23.0 Å². The maximum atomic E-state index is 12.8. The Morgan fingerprint density at radius 3 is 2.03 bits per heavy atom. The molecule has 168 valence electrons. The van der Waals surface area contributed by atoms with Gasteiger partial charge in [0.25, 0.3) is 5.91 Å². The summed E-state index contributed by atoms with van der Waals surface area (Å²) < 4.78 is 26.9. The van der Waals surface area contributed by atoms with Crippen LogP contribution in [-0.4, -0.2) is 52.0 Å². The van der Waals surface area contributed by atoms with Gasteiger partial charge in [-0.1, -0.05) is 11.6 Å². The number of benzene rings is 2. The fourth-order valence-electron chi connectivity index (χ4n) is 2.64. The quantitative estimate of drug-likeness (QED) is 0.552. The Balaban J connectivity index is 2.23. The summed E-state index contributed by atoms with van der Waals surface area (Å²) in [4.78, 5) is 25.4. The Bertz CT molecular complexity index is 874. The molecule has 0 aliphatic carbocycles. The Kier molecular flexibility index (Phi) is 8.81. The lowest BCUT2D eigenvalue weighted by Gasteiger charge is -2.20. The topological polar surface area (TPSA) is 92.3 Å². The zero-order valence-electron chi connectivity index (χ0n) is 18.1. The molecule has 0 radical (unpaired) electrons. The van der Waals surface area contributed by atoms with Crippen LogP contribution in [0.1, 0.15) is 24.2 Å². The van der Waals surface area contributed by atoms with Crippen molar-refractivity contribution < 1.29 is 33.3 Å². The standard InChI is InChI=1S/C22H26ClNO7/c1-13(2)24-21(25)19(12-30-16-8-6-15(23)7-9-16)31-22(26)14-10-17(27-3)20(29-5)18(11-14)28-4/h6-11,13,19H,12H2,1-5H3,(H,24,25). The van der Waals surface area contributed by atoms with Gasteiger partial charge < -0.3 is 29.0 Å². The van der Waals surface area contributed by atoms with E-state index in [0.717, 1.165) is 0 Å². The largest absolute Gasteiger partial charge is 0.493 e. The molecule has 2 rings (SSSR count). The van der Waals surface area contributed by atoms with Crippen molar-refractivity contribution in [1.82, 2.24) is 5.32 Å². The predicted octanol–water partition coefficient (Wildman–Crippen LogP) is 3.49. The summed E-state index contributed by atoms with van der Waals surface area (Å²) in [6, 6.07) is 9.36. The minimum atomic E-state index is -1.19. The summed E-state index contributed by atoms with van der Waals surface area (Å²) in [5.41, 5.74) is 0.128. The highest BCUT2D eigenvalue weighted by Crippen LogP contribution is 2.38. The molecule has 0 bridgehead atoms. The van der Waals surface area contributed by atoms with Crippen molar-refractivity contribution in [2.45, 2.75) is 26.0 Å². The van der Waals surface area contributed by atoms with E-state index in [0.29, 0.717) is 16.5 Å². The molecule has 2 aromatic carbocycles. The molecule has 1 N–H and O–H groups in total. The molecule has 31 heavy (non-hydrogen) atoms. The van der Waals surface area contributed by atoms with Crippen LogP contribution in [0.25, 0.3) is 0 Å². The van der Waals surface area contributed by atoms with Gasteiger partial charge in [0, 0.05) is 11.1 Å². The molecule has 0 saturated heterocycles. The van der Waals surface area contributed by atoms with Crippen molar-refractivity contribution in [3.63, 3.8) is 0 Å². The van der Waals surface area contributed by atoms with E-state index in [-0.39, 0.29) is 29.7 Å². The molecule has 0 heterocycles. The van der Waals surface area contributed by atoms with Crippen LogP contribution in [0.4, 0.5) is 0 Å². The molecule has 1 amide bonds. The summed E-state index contributed by atoms with van der Waals surface area (Å²) >= 11 is 5.87. The maximum absolute atomic E-state index is 12.8. The second-order valence-corrected chi connectivity index (χ2v) is 7.17. The van der Waals surface area contributed by atoms with Gasteiger partial charge in [0.2, 0.25) is 11.9 Å². The summed E-state index contributed by atoms with van der Waals surface area (Å²) in [7, 11) is 4.33. The highest BCUT2D eigenvalue weighted by Gasteiger charge is 2.27. The lowest BCUT2D eigenvalue weighted by Crippen LogP contribution is -2.44. The average Bonchev–Trinajstić information content (AvgIpc) is 2.75. The molecule has 0 aliphatic heterocycles. The molecule has 1 atom stereocenters.